The van der Waals surface area contributed by atoms with Gasteiger partial charge >= 0.3 is 0 Å². The van der Waals surface area contributed by atoms with Crippen LogP contribution in [0, 0.1) is 5.92 Å². The first-order valence-corrected chi connectivity index (χ1v) is 8.42. The number of hydrogen-bond donors (Lipinski definition) is 0. The van der Waals surface area contributed by atoms with Crippen molar-refractivity contribution in [1.29, 1.82) is 0 Å². The highest BCUT2D eigenvalue weighted by Crippen LogP contribution is 2.42. The van der Waals surface area contributed by atoms with Gasteiger partial charge in [-0.25, -0.2) is 0 Å². The highest BCUT2D eigenvalue weighted by molar-refractivity contribution is 5.95. The summed E-state index contributed by atoms with van der Waals surface area (Å²) in [6.07, 6.45) is 3.97. The zero-order valence-electron chi connectivity index (χ0n) is 13.2. The van der Waals surface area contributed by atoms with Crippen molar-refractivity contribution in [3.05, 3.63) is 23.7 Å². The molecular weight excluding hydrogens is 280 g/mol. The van der Waals surface area contributed by atoms with Gasteiger partial charge in [0.25, 0.3) is 5.91 Å². The van der Waals surface area contributed by atoms with Crippen LogP contribution in [0.4, 0.5) is 0 Å². The maximum atomic E-state index is 12.9. The van der Waals surface area contributed by atoms with Gasteiger partial charge in [-0.3, -0.25) is 9.69 Å². The van der Waals surface area contributed by atoms with E-state index in [0.29, 0.717) is 17.9 Å². The molecular formula is C17H24N2O3. The number of carbonyl (C=O) groups excluding carboxylic acids is 1. The lowest BCUT2D eigenvalue weighted by Gasteiger charge is -2.33. The Morgan fingerprint density at radius 1 is 1.23 bits per heavy atom. The van der Waals surface area contributed by atoms with E-state index in [1.165, 1.54) is 0 Å². The first kappa shape index (κ1) is 14.3. The molecule has 1 saturated carbocycles. The third-order valence-electron chi connectivity index (χ3n) is 5.25. The van der Waals surface area contributed by atoms with Crippen LogP contribution in [0.3, 0.4) is 0 Å². The van der Waals surface area contributed by atoms with Crippen molar-refractivity contribution in [2.45, 2.75) is 31.7 Å². The summed E-state index contributed by atoms with van der Waals surface area (Å²) >= 11 is 0. The lowest BCUT2D eigenvalue weighted by atomic mass is 10.0. The number of amides is 1. The molecule has 0 spiro atoms. The molecule has 1 amide bonds. The number of rotatable bonds is 3. The molecule has 5 heteroatoms. The fourth-order valence-electron chi connectivity index (χ4n) is 3.83. The minimum Gasteiger partial charge on any atom is -0.468 e. The van der Waals surface area contributed by atoms with Gasteiger partial charge in [0.2, 0.25) is 0 Å². The van der Waals surface area contributed by atoms with Crippen LogP contribution in [0.15, 0.2) is 16.7 Å². The number of furan rings is 1. The van der Waals surface area contributed by atoms with Crippen molar-refractivity contribution < 1.29 is 13.9 Å². The molecule has 2 saturated heterocycles. The monoisotopic (exact) mass is 304 g/mol. The molecule has 1 aromatic rings. The molecule has 2 atom stereocenters. The average Bonchev–Trinajstić information content (AvgIpc) is 3.14. The summed E-state index contributed by atoms with van der Waals surface area (Å²) in [6.45, 7) is 7.51. The second-order valence-electron chi connectivity index (χ2n) is 6.88. The molecule has 1 aliphatic carbocycles. The lowest BCUT2D eigenvalue weighted by molar-refractivity contribution is 0.0119. The molecule has 0 bridgehead atoms. The molecule has 0 aromatic carbocycles. The van der Waals surface area contributed by atoms with Crippen LogP contribution in [-0.4, -0.2) is 61.1 Å². The summed E-state index contributed by atoms with van der Waals surface area (Å²) in [4.78, 5) is 17.4. The Labute approximate surface area is 131 Å². The van der Waals surface area contributed by atoms with E-state index in [-0.39, 0.29) is 5.91 Å². The van der Waals surface area contributed by atoms with Gasteiger partial charge < -0.3 is 14.1 Å². The molecule has 2 aliphatic heterocycles. The number of nitrogens with zero attached hydrogens (tertiary/aromatic N) is 2. The van der Waals surface area contributed by atoms with E-state index in [1.54, 1.807) is 6.26 Å². The molecule has 1 aromatic heterocycles. The van der Waals surface area contributed by atoms with Crippen LogP contribution in [0.1, 0.15) is 41.8 Å². The second kappa shape index (κ2) is 5.70. The van der Waals surface area contributed by atoms with E-state index in [1.807, 2.05) is 11.0 Å². The van der Waals surface area contributed by atoms with Gasteiger partial charge in [0.15, 0.2) is 0 Å². The quantitative estimate of drug-likeness (QED) is 0.856. The van der Waals surface area contributed by atoms with Crippen molar-refractivity contribution in [3.8, 4) is 0 Å². The molecule has 22 heavy (non-hydrogen) atoms. The Kier molecular flexibility index (Phi) is 3.70. The van der Waals surface area contributed by atoms with Crippen LogP contribution >= 0.6 is 0 Å². The summed E-state index contributed by atoms with van der Waals surface area (Å²) in [5.74, 6) is 2.05. The third-order valence-corrected chi connectivity index (χ3v) is 5.25. The Morgan fingerprint density at radius 3 is 2.73 bits per heavy atom. The fraction of sp³-hybridized carbons (Fsp3) is 0.706. The predicted molar refractivity (Wildman–Crippen MR) is 81.9 cm³/mol. The lowest BCUT2D eigenvalue weighted by Crippen LogP contribution is -2.47. The summed E-state index contributed by atoms with van der Waals surface area (Å²) < 4.78 is 11.0. The molecule has 3 heterocycles. The minimum absolute atomic E-state index is 0.151. The molecule has 0 N–H and O–H groups in total. The molecule has 3 fully saturated rings. The van der Waals surface area contributed by atoms with Gasteiger partial charge in [-0.1, -0.05) is 6.92 Å². The van der Waals surface area contributed by atoms with Crippen molar-refractivity contribution in [3.63, 3.8) is 0 Å². The van der Waals surface area contributed by atoms with E-state index in [4.69, 9.17) is 9.15 Å². The highest BCUT2D eigenvalue weighted by Gasteiger charge is 2.39. The van der Waals surface area contributed by atoms with Crippen molar-refractivity contribution in [1.82, 2.24) is 9.80 Å². The number of hydrogen-bond acceptors (Lipinski definition) is 4. The molecule has 0 radical (unpaired) electrons. The molecule has 3 aliphatic rings. The van der Waals surface area contributed by atoms with Gasteiger partial charge in [0, 0.05) is 38.1 Å². The van der Waals surface area contributed by atoms with E-state index < -0.39 is 0 Å². The summed E-state index contributed by atoms with van der Waals surface area (Å²) in [6, 6.07) is 2.31. The SMILES string of the molecule is CC1CN(C(=O)c2ccoc2C2CC2)CC1N1CCOCC1. The topological polar surface area (TPSA) is 45.9 Å². The standard InChI is InChI=1S/C17H24N2O3/c1-12-10-19(11-15(12)18-5-8-21-9-6-18)17(20)14-4-7-22-16(14)13-2-3-13/h4,7,12-13,15H,2-3,5-6,8-11H2,1H3. The predicted octanol–water partition coefficient (Wildman–Crippen LogP) is 1.95. The maximum absolute atomic E-state index is 12.9. The number of ether oxygens (including phenoxy) is 1. The van der Waals surface area contributed by atoms with Crippen LogP contribution < -0.4 is 0 Å². The van der Waals surface area contributed by atoms with Crippen molar-refractivity contribution >= 4 is 5.91 Å². The van der Waals surface area contributed by atoms with E-state index in [9.17, 15) is 4.79 Å². The maximum Gasteiger partial charge on any atom is 0.257 e. The van der Waals surface area contributed by atoms with Gasteiger partial charge in [-0.05, 0) is 24.8 Å². The normalized spacial score (nSPS) is 30.0. The second-order valence-corrected chi connectivity index (χ2v) is 6.88. The summed E-state index contributed by atoms with van der Waals surface area (Å²) in [5.41, 5.74) is 0.789. The molecule has 4 rings (SSSR count). The van der Waals surface area contributed by atoms with Gasteiger partial charge in [0.05, 0.1) is 25.0 Å². The average molecular weight is 304 g/mol. The first-order valence-electron chi connectivity index (χ1n) is 8.42. The van der Waals surface area contributed by atoms with Crippen LogP contribution in [0.2, 0.25) is 0 Å². The molecule has 5 nitrogen and oxygen atoms in total. The van der Waals surface area contributed by atoms with Gasteiger partial charge in [-0.15, -0.1) is 0 Å². The Hall–Kier alpha value is -1.33. The van der Waals surface area contributed by atoms with Gasteiger partial charge in [-0.2, -0.15) is 0 Å². The summed E-state index contributed by atoms with van der Waals surface area (Å²) in [5, 5.41) is 0. The van der Waals surface area contributed by atoms with E-state index in [2.05, 4.69) is 11.8 Å². The van der Waals surface area contributed by atoms with E-state index >= 15 is 0 Å². The summed E-state index contributed by atoms with van der Waals surface area (Å²) in [7, 11) is 0. The van der Waals surface area contributed by atoms with E-state index in [0.717, 1.165) is 63.6 Å². The minimum atomic E-state index is 0.151. The third kappa shape index (κ3) is 2.57. The fourth-order valence-corrected chi connectivity index (χ4v) is 3.83. The van der Waals surface area contributed by atoms with Crippen molar-refractivity contribution in [2.24, 2.45) is 5.92 Å². The zero-order valence-corrected chi connectivity index (χ0v) is 13.2. The van der Waals surface area contributed by atoms with Crippen LogP contribution in [0.25, 0.3) is 0 Å². The first-order chi connectivity index (χ1) is 10.7. The highest BCUT2D eigenvalue weighted by atomic mass is 16.5. The van der Waals surface area contributed by atoms with Crippen LogP contribution in [-0.2, 0) is 4.74 Å². The van der Waals surface area contributed by atoms with Crippen LogP contribution in [0.5, 0.6) is 0 Å². The van der Waals surface area contributed by atoms with Crippen molar-refractivity contribution in [2.75, 3.05) is 39.4 Å². The Bertz CT molecular complexity index is 546. The zero-order chi connectivity index (χ0) is 15.1. The molecule has 2 unspecified atom stereocenters. The number of carbonyl (C=O) groups is 1. The Morgan fingerprint density at radius 2 is 2.00 bits per heavy atom. The van der Waals surface area contributed by atoms with Gasteiger partial charge in [0.1, 0.15) is 5.76 Å². The number of morpholine rings is 1. The Balaban J connectivity index is 1.46. The smallest absolute Gasteiger partial charge is 0.257 e. The largest absolute Gasteiger partial charge is 0.468 e. The molecule has 120 valence electrons. The number of likely N-dealkylation sites (tertiary alicyclic amines) is 1.